The van der Waals surface area contributed by atoms with Crippen molar-refractivity contribution in [3.8, 4) is 0 Å². The molecule has 1 aromatic carbocycles. The lowest BCUT2D eigenvalue weighted by Gasteiger charge is -2.06. The summed E-state index contributed by atoms with van der Waals surface area (Å²) in [6, 6.07) is 8.46. The van der Waals surface area contributed by atoms with E-state index in [-0.39, 0.29) is 5.78 Å². The van der Waals surface area contributed by atoms with Crippen molar-refractivity contribution in [1.29, 1.82) is 0 Å². The lowest BCUT2D eigenvalue weighted by molar-refractivity contribution is -0.143. The minimum absolute atomic E-state index is 0.336. The van der Waals surface area contributed by atoms with E-state index in [4.69, 9.17) is 4.74 Å². The average Bonchev–Trinajstić information content (AvgIpc) is 2.91. The number of hydrogen-bond donors (Lipinski definition) is 2. The Labute approximate surface area is 141 Å². The third kappa shape index (κ3) is 3.42. The molecule has 0 amide bonds. The lowest BCUT2D eigenvalue weighted by atomic mass is 10.1. The average molecular weight is 341 g/mol. The van der Waals surface area contributed by atoms with Gasteiger partial charge in [0.15, 0.2) is 6.61 Å². The van der Waals surface area contributed by atoms with Crippen molar-refractivity contribution in [1.82, 2.24) is 14.5 Å². The molecule has 0 bridgehead atoms. The van der Waals surface area contributed by atoms with Gasteiger partial charge >= 0.3 is 11.7 Å². The van der Waals surface area contributed by atoms with Gasteiger partial charge in [0.05, 0.1) is 0 Å². The number of aryl methyl sites for hydroxylation is 1. The van der Waals surface area contributed by atoms with Crippen LogP contribution in [0, 0.1) is 6.92 Å². The SMILES string of the molecule is Cc1[nH]c2ccccc2c1C(=O)COC(=O)Cn1ccc(=O)[nH]c1=O. The Hall–Kier alpha value is -3.42. The molecule has 0 radical (unpaired) electrons. The molecule has 25 heavy (non-hydrogen) atoms. The molecule has 3 aromatic rings. The van der Waals surface area contributed by atoms with Crippen LogP contribution < -0.4 is 11.2 Å². The highest BCUT2D eigenvalue weighted by Crippen LogP contribution is 2.22. The largest absolute Gasteiger partial charge is 0.456 e. The van der Waals surface area contributed by atoms with Gasteiger partial charge in [-0.2, -0.15) is 0 Å². The van der Waals surface area contributed by atoms with E-state index in [9.17, 15) is 19.2 Å². The number of hydrogen-bond acceptors (Lipinski definition) is 5. The van der Waals surface area contributed by atoms with Crippen molar-refractivity contribution in [2.75, 3.05) is 6.61 Å². The summed E-state index contributed by atoms with van der Waals surface area (Å²) in [4.78, 5) is 51.9. The fourth-order valence-corrected chi connectivity index (χ4v) is 2.61. The number of benzene rings is 1. The first-order valence-electron chi connectivity index (χ1n) is 7.51. The molecule has 0 saturated heterocycles. The monoisotopic (exact) mass is 341 g/mol. The number of aromatic nitrogens is 3. The van der Waals surface area contributed by atoms with Gasteiger partial charge in [-0.1, -0.05) is 18.2 Å². The fourth-order valence-electron chi connectivity index (χ4n) is 2.61. The molecule has 0 aliphatic heterocycles. The van der Waals surface area contributed by atoms with Gasteiger partial charge in [-0.15, -0.1) is 0 Å². The Bertz CT molecular complexity index is 1070. The summed E-state index contributed by atoms with van der Waals surface area (Å²) in [6.45, 7) is 0.949. The Kier molecular flexibility index (Phi) is 4.34. The number of fused-ring (bicyclic) bond motifs is 1. The number of carbonyl (C=O) groups excluding carboxylic acids is 2. The summed E-state index contributed by atoms with van der Waals surface area (Å²) in [6.07, 6.45) is 1.19. The van der Waals surface area contributed by atoms with Gasteiger partial charge in [0, 0.05) is 34.4 Å². The number of H-pyrrole nitrogens is 2. The molecule has 0 atom stereocenters. The zero-order valence-electron chi connectivity index (χ0n) is 13.4. The van der Waals surface area contributed by atoms with Gasteiger partial charge in [-0.05, 0) is 13.0 Å². The maximum Gasteiger partial charge on any atom is 0.328 e. The first-order valence-corrected chi connectivity index (χ1v) is 7.51. The number of aromatic amines is 2. The number of esters is 1. The maximum atomic E-state index is 12.4. The van der Waals surface area contributed by atoms with E-state index in [1.807, 2.05) is 29.2 Å². The smallest absolute Gasteiger partial charge is 0.328 e. The van der Waals surface area contributed by atoms with Crippen LogP contribution in [0.2, 0.25) is 0 Å². The third-order valence-electron chi connectivity index (χ3n) is 3.73. The molecule has 0 fully saturated rings. The van der Waals surface area contributed by atoms with Crippen LogP contribution in [-0.2, 0) is 16.1 Å². The zero-order valence-corrected chi connectivity index (χ0v) is 13.4. The van der Waals surface area contributed by atoms with E-state index in [1.165, 1.54) is 6.20 Å². The Morgan fingerprint density at radius 1 is 1.12 bits per heavy atom. The second-order valence-corrected chi connectivity index (χ2v) is 5.49. The first kappa shape index (κ1) is 16.4. The molecule has 0 aliphatic rings. The summed E-state index contributed by atoms with van der Waals surface area (Å²) in [5.74, 6) is -1.09. The summed E-state index contributed by atoms with van der Waals surface area (Å²) in [7, 11) is 0. The fraction of sp³-hybridized carbons (Fsp3) is 0.176. The van der Waals surface area contributed by atoms with E-state index >= 15 is 0 Å². The van der Waals surface area contributed by atoms with Crippen molar-refractivity contribution in [3.05, 3.63) is 68.6 Å². The highest BCUT2D eigenvalue weighted by Gasteiger charge is 2.17. The lowest BCUT2D eigenvalue weighted by Crippen LogP contribution is -2.31. The van der Waals surface area contributed by atoms with Crippen molar-refractivity contribution in [3.63, 3.8) is 0 Å². The zero-order chi connectivity index (χ0) is 18.0. The molecule has 0 spiro atoms. The summed E-state index contributed by atoms with van der Waals surface area (Å²) in [5.41, 5.74) is 0.723. The number of Topliss-reactive ketones (excluding diaryl/α,β-unsaturated/α-hetero) is 1. The van der Waals surface area contributed by atoms with Crippen LogP contribution >= 0.6 is 0 Å². The van der Waals surface area contributed by atoms with Crippen LogP contribution in [0.5, 0.6) is 0 Å². The van der Waals surface area contributed by atoms with E-state index in [2.05, 4.69) is 4.98 Å². The van der Waals surface area contributed by atoms with Crippen LogP contribution in [0.1, 0.15) is 16.1 Å². The topological polar surface area (TPSA) is 114 Å². The van der Waals surface area contributed by atoms with Crippen LogP contribution in [0.4, 0.5) is 0 Å². The number of ether oxygens (including phenoxy) is 1. The Morgan fingerprint density at radius 2 is 1.88 bits per heavy atom. The Balaban J connectivity index is 1.69. The van der Waals surface area contributed by atoms with Gasteiger partial charge in [0.1, 0.15) is 6.54 Å². The molecule has 2 N–H and O–H groups in total. The standard InChI is InChI=1S/C17H15N3O5/c1-10-16(11-4-2-3-5-12(11)18-10)13(21)9-25-15(23)8-20-7-6-14(22)19-17(20)24/h2-7,18H,8-9H2,1H3,(H,19,22,24). The molecule has 0 aliphatic carbocycles. The van der Waals surface area contributed by atoms with E-state index in [0.717, 1.165) is 21.5 Å². The quantitative estimate of drug-likeness (QED) is 0.525. The number of para-hydroxylation sites is 1. The predicted molar refractivity (Wildman–Crippen MR) is 89.6 cm³/mol. The second kappa shape index (κ2) is 6.60. The minimum Gasteiger partial charge on any atom is -0.456 e. The summed E-state index contributed by atoms with van der Waals surface area (Å²) < 4.78 is 5.96. The molecule has 2 heterocycles. The second-order valence-electron chi connectivity index (χ2n) is 5.49. The Morgan fingerprint density at radius 3 is 2.64 bits per heavy atom. The maximum absolute atomic E-state index is 12.4. The van der Waals surface area contributed by atoms with E-state index < -0.39 is 30.4 Å². The van der Waals surface area contributed by atoms with Crippen molar-refractivity contribution >= 4 is 22.7 Å². The minimum atomic E-state index is -0.750. The molecule has 8 nitrogen and oxygen atoms in total. The number of nitrogens with one attached hydrogen (secondary N) is 2. The summed E-state index contributed by atoms with van der Waals surface area (Å²) in [5, 5.41) is 0.762. The van der Waals surface area contributed by atoms with Gasteiger partial charge in [0.25, 0.3) is 5.56 Å². The number of nitrogens with zero attached hydrogens (tertiary/aromatic N) is 1. The third-order valence-corrected chi connectivity index (χ3v) is 3.73. The van der Waals surface area contributed by atoms with Gasteiger partial charge in [-0.25, -0.2) is 4.79 Å². The normalized spacial score (nSPS) is 10.8. The summed E-state index contributed by atoms with van der Waals surface area (Å²) >= 11 is 0. The molecule has 8 heteroatoms. The van der Waals surface area contributed by atoms with E-state index in [1.54, 1.807) is 6.92 Å². The molecule has 128 valence electrons. The van der Waals surface area contributed by atoms with E-state index in [0.29, 0.717) is 11.3 Å². The number of carbonyl (C=O) groups is 2. The van der Waals surface area contributed by atoms with Gasteiger partial charge in [-0.3, -0.25) is 23.9 Å². The van der Waals surface area contributed by atoms with Crippen LogP contribution in [0.25, 0.3) is 10.9 Å². The van der Waals surface area contributed by atoms with Crippen LogP contribution in [-0.4, -0.2) is 32.9 Å². The molecular weight excluding hydrogens is 326 g/mol. The first-order chi connectivity index (χ1) is 12.0. The molecule has 0 unspecified atom stereocenters. The van der Waals surface area contributed by atoms with Gasteiger partial charge in [0.2, 0.25) is 5.78 Å². The number of ketones is 1. The molecule has 2 aromatic heterocycles. The molecule has 0 saturated carbocycles. The highest BCUT2D eigenvalue weighted by molar-refractivity contribution is 6.10. The molecular formula is C17H15N3O5. The van der Waals surface area contributed by atoms with Crippen molar-refractivity contribution in [2.45, 2.75) is 13.5 Å². The number of rotatable bonds is 5. The van der Waals surface area contributed by atoms with Crippen molar-refractivity contribution in [2.24, 2.45) is 0 Å². The van der Waals surface area contributed by atoms with Gasteiger partial charge < -0.3 is 9.72 Å². The molecule has 3 rings (SSSR count). The van der Waals surface area contributed by atoms with Crippen LogP contribution in [0.3, 0.4) is 0 Å². The van der Waals surface area contributed by atoms with Crippen molar-refractivity contribution < 1.29 is 14.3 Å². The highest BCUT2D eigenvalue weighted by atomic mass is 16.5. The van der Waals surface area contributed by atoms with Crippen LogP contribution in [0.15, 0.2) is 46.1 Å². The predicted octanol–water partition coefficient (Wildman–Crippen LogP) is 0.752.